The second-order valence-electron chi connectivity index (χ2n) is 4.53. The Bertz CT molecular complexity index is 335. The molecule has 0 saturated heterocycles. The van der Waals surface area contributed by atoms with Gasteiger partial charge in [-0.15, -0.1) is 0 Å². The first-order valence-corrected chi connectivity index (χ1v) is 6.46. The molecule has 0 aliphatic heterocycles. The smallest absolute Gasteiger partial charge is 0.124 e. The van der Waals surface area contributed by atoms with E-state index >= 15 is 0 Å². The Balaban J connectivity index is 1.94. The maximum Gasteiger partial charge on any atom is 0.124 e. The highest BCUT2D eigenvalue weighted by Crippen LogP contribution is 2.26. The van der Waals surface area contributed by atoms with Gasteiger partial charge < -0.3 is 15.2 Å². The van der Waals surface area contributed by atoms with Crippen molar-refractivity contribution in [3.05, 3.63) is 29.8 Å². The molecular formula is C14H21NO2. The van der Waals surface area contributed by atoms with Crippen LogP contribution in [0, 0.1) is 0 Å². The molecule has 3 heteroatoms. The summed E-state index contributed by atoms with van der Waals surface area (Å²) in [7, 11) is 0. The Morgan fingerprint density at radius 3 is 2.76 bits per heavy atom. The molecule has 3 nitrogen and oxygen atoms in total. The third-order valence-electron chi connectivity index (χ3n) is 3.17. The van der Waals surface area contributed by atoms with E-state index in [1.807, 2.05) is 18.2 Å². The van der Waals surface area contributed by atoms with Crippen molar-refractivity contribution in [3.8, 4) is 5.75 Å². The molecule has 0 spiro atoms. The predicted molar refractivity (Wildman–Crippen MR) is 68.1 cm³/mol. The van der Waals surface area contributed by atoms with E-state index in [-0.39, 0.29) is 6.61 Å². The zero-order valence-electron chi connectivity index (χ0n) is 10.2. The topological polar surface area (TPSA) is 41.5 Å². The van der Waals surface area contributed by atoms with Crippen molar-refractivity contribution < 1.29 is 9.84 Å². The highest BCUT2D eigenvalue weighted by Gasteiger charge is 2.17. The Labute approximate surface area is 103 Å². The normalized spacial score (nSPS) is 16.3. The molecule has 1 aliphatic carbocycles. The summed E-state index contributed by atoms with van der Waals surface area (Å²) >= 11 is 0. The van der Waals surface area contributed by atoms with Gasteiger partial charge in [0.15, 0.2) is 0 Å². The van der Waals surface area contributed by atoms with Gasteiger partial charge in [0.05, 0.1) is 12.7 Å². The van der Waals surface area contributed by atoms with E-state index in [0.717, 1.165) is 12.3 Å². The summed E-state index contributed by atoms with van der Waals surface area (Å²) in [4.78, 5) is 0. The number of hydrogen-bond acceptors (Lipinski definition) is 3. The molecule has 0 heterocycles. The Morgan fingerprint density at radius 1 is 1.24 bits per heavy atom. The van der Waals surface area contributed by atoms with E-state index in [9.17, 15) is 0 Å². The summed E-state index contributed by atoms with van der Waals surface area (Å²) in [5, 5.41) is 11.9. The second-order valence-corrected chi connectivity index (χ2v) is 4.53. The minimum atomic E-state index is 0.172. The Morgan fingerprint density at radius 2 is 2.00 bits per heavy atom. The molecule has 0 bridgehead atoms. The number of para-hydroxylation sites is 1. The van der Waals surface area contributed by atoms with Crippen LogP contribution in [0.25, 0.3) is 0 Å². The van der Waals surface area contributed by atoms with Gasteiger partial charge in [-0.25, -0.2) is 0 Å². The van der Waals surface area contributed by atoms with Crippen molar-refractivity contribution in [1.29, 1.82) is 0 Å². The average molecular weight is 235 g/mol. The minimum Gasteiger partial charge on any atom is -0.490 e. The fraction of sp³-hybridized carbons (Fsp3) is 0.571. The fourth-order valence-electron chi connectivity index (χ4n) is 2.25. The molecule has 2 rings (SSSR count). The fourth-order valence-corrected chi connectivity index (χ4v) is 2.25. The molecule has 1 saturated carbocycles. The van der Waals surface area contributed by atoms with Crippen LogP contribution in [0.4, 0.5) is 0 Å². The first-order valence-electron chi connectivity index (χ1n) is 6.46. The van der Waals surface area contributed by atoms with Crippen LogP contribution in [0.5, 0.6) is 5.75 Å². The SMILES string of the molecule is OCCNCc1ccccc1OC1CCCC1. The molecule has 94 valence electrons. The van der Waals surface area contributed by atoms with E-state index in [0.29, 0.717) is 12.6 Å². The maximum absolute atomic E-state index is 8.75. The van der Waals surface area contributed by atoms with Gasteiger partial charge in [-0.3, -0.25) is 0 Å². The van der Waals surface area contributed by atoms with Gasteiger partial charge in [-0.1, -0.05) is 18.2 Å². The summed E-state index contributed by atoms with van der Waals surface area (Å²) in [6, 6.07) is 8.15. The van der Waals surface area contributed by atoms with Crippen molar-refractivity contribution in [2.75, 3.05) is 13.2 Å². The van der Waals surface area contributed by atoms with Crippen LogP contribution in [0.15, 0.2) is 24.3 Å². The number of ether oxygens (including phenoxy) is 1. The predicted octanol–water partition coefficient (Wildman–Crippen LogP) is 2.09. The number of benzene rings is 1. The van der Waals surface area contributed by atoms with E-state index in [2.05, 4.69) is 11.4 Å². The van der Waals surface area contributed by atoms with Crippen LogP contribution < -0.4 is 10.1 Å². The Kier molecular flexibility index (Phi) is 4.83. The highest BCUT2D eigenvalue weighted by atomic mass is 16.5. The molecule has 1 fully saturated rings. The molecule has 0 atom stereocenters. The molecule has 1 aliphatic rings. The zero-order chi connectivity index (χ0) is 11.9. The number of rotatable bonds is 6. The van der Waals surface area contributed by atoms with E-state index in [1.54, 1.807) is 0 Å². The van der Waals surface area contributed by atoms with Gasteiger partial charge >= 0.3 is 0 Å². The van der Waals surface area contributed by atoms with Crippen LogP contribution in [0.2, 0.25) is 0 Å². The van der Waals surface area contributed by atoms with Crippen molar-refractivity contribution in [3.63, 3.8) is 0 Å². The van der Waals surface area contributed by atoms with Gasteiger partial charge in [-0.05, 0) is 31.7 Å². The summed E-state index contributed by atoms with van der Waals surface area (Å²) in [5.74, 6) is 0.991. The molecule has 0 unspecified atom stereocenters. The number of hydrogen-bond donors (Lipinski definition) is 2. The minimum absolute atomic E-state index is 0.172. The van der Waals surface area contributed by atoms with Gasteiger partial charge in [0.25, 0.3) is 0 Å². The number of aliphatic hydroxyl groups excluding tert-OH is 1. The van der Waals surface area contributed by atoms with Crippen molar-refractivity contribution in [2.24, 2.45) is 0 Å². The van der Waals surface area contributed by atoms with Crippen LogP contribution in [-0.4, -0.2) is 24.4 Å². The molecule has 0 amide bonds. The highest BCUT2D eigenvalue weighted by molar-refractivity contribution is 5.33. The molecule has 0 radical (unpaired) electrons. The van der Waals surface area contributed by atoms with Crippen LogP contribution >= 0.6 is 0 Å². The summed E-state index contributed by atoms with van der Waals surface area (Å²) in [6.07, 6.45) is 5.33. The summed E-state index contributed by atoms with van der Waals surface area (Å²) < 4.78 is 6.03. The lowest BCUT2D eigenvalue weighted by Gasteiger charge is -2.16. The Hall–Kier alpha value is -1.06. The molecular weight excluding hydrogens is 214 g/mol. The number of aliphatic hydroxyl groups is 1. The van der Waals surface area contributed by atoms with E-state index in [4.69, 9.17) is 9.84 Å². The second kappa shape index (κ2) is 6.62. The molecule has 1 aromatic carbocycles. The zero-order valence-corrected chi connectivity index (χ0v) is 10.2. The van der Waals surface area contributed by atoms with Gasteiger partial charge in [-0.2, -0.15) is 0 Å². The third kappa shape index (κ3) is 3.72. The average Bonchev–Trinajstić information content (AvgIpc) is 2.84. The molecule has 0 aromatic heterocycles. The van der Waals surface area contributed by atoms with E-state index < -0.39 is 0 Å². The number of nitrogens with one attached hydrogen (secondary N) is 1. The standard InChI is InChI=1S/C14H21NO2/c16-10-9-15-11-12-5-1-4-8-14(12)17-13-6-2-3-7-13/h1,4-5,8,13,15-16H,2-3,6-7,9-11H2. The first kappa shape index (κ1) is 12.4. The van der Waals surface area contributed by atoms with Crippen molar-refractivity contribution >= 4 is 0 Å². The molecule has 2 N–H and O–H groups in total. The maximum atomic E-state index is 8.75. The van der Waals surface area contributed by atoms with Gasteiger partial charge in [0.1, 0.15) is 5.75 Å². The lowest BCUT2D eigenvalue weighted by atomic mass is 10.2. The van der Waals surface area contributed by atoms with Crippen LogP contribution in [0.1, 0.15) is 31.2 Å². The van der Waals surface area contributed by atoms with Gasteiger partial charge in [0, 0.05) is 18.7 Å². The summed E-state index contributed by atoms with van der Waals surface area (Å²) in [5.41, 5.74) is 1.17. The van der Waals surface area contributed by atoms with Crippen molar-refractivity contribution in [2.45, 2.75) is 38.3 Å². The first-order chi connectivity index (χ1) is 8.40. The monoisotopic (exact) mass is 235 g/mol. The lowest BCUT2D eigenvalue weighted by molar-refractivity contribution is 0.207. The molecule has 1 aromatic rings. The van der Waals surface area contributed by atoms with Crippen molar-refractivity contribution in [1.82, 2.24) is 5.32 Å². The largest absolute Gasteiger partial charge is 0.490 e. The van der Waals surface area contributed by atoms with E-state index in [1.165, 1.54) is 31.2 Å². The molecule has 17 heavy (non-hydrogen) atoms. The third-order valence-corrected chi connectivity index (χ3v) is 3.17. The van der Waals surface area contributed by atoms with Gasteiger partial charge in [0.2, 0.25) is 0 Å². The van der Waals surface area contributed by atoms with Crippen LogP contribution in [0.3, 0.4) is 0 Å². The quantitative estimate of drug-likeness (QED) is 0.742. The van der Waals surface area contributed by atoms with Crippen LogP contribution in [-0.2, 0) is 6.54 Å². The lowest BCUT2D eigenvalue weighted by Crippen LogP contribution is -2.19. The summed E-state index contributed by atoms with van der Waals surface area (Å²) in [6.45, 7) is 1.55.